The molecule has 0 saturated heterocycles. The number of benzene rings is 1. The number of rotatable bonds is 5. The van der Waals surface area contributed by atoms with Gasteiger partial charge in [0.2, 0.25) is 5.91 Å². The van der Waals surface area contributed by atoms with Crippen molar-refractivity contribution in [3.8, 4) is 5.75 Å². The molecule has 124 valence electrons. The first-order chi connectivity index (χ1) is 11.6. The molecule has 1 aromatic heterocycles. The molecule has 0 atom stereocenters. The molecule has 2 aromatic rings. The summed E-state index contributed by atoms with van der Waals surface area (Å²) in [5.41, 5.74) is 1.66. The summed E-state index contributed by atoms with van der Waals surface area (Å²) in [4.78, 5) is 35.0. The smallest absolute Gasteiger partial charge is 0.262 e. The summed E-state index contributed by atoms with van der Waals surface area (Å²) < 4.78 is 5.25. The number of thiophene rings is 1. The van der Waals surface area contributed by atoms with E-state index in [9.17, 15) is 14.4 Å². The number of fused-ring (bicyclic) bond motifs is 1. The van der Waals surface area contributed by atoms with Crippen molar-refractivity contribution in [3.05, 3.63) is 40.6 Å². The lowest BCUT2D eigenvalue weighted by Crippen LogP contribution is -2.27. The minimum Gasteiger partial charge on any atom is -0.482 e. The van der Waals surface area contributed by atoms with E-state index >= 15 is 0 Å². The Labute approximate surface area is 142 Å². The summed E-state index contributed by atoms with van der Waals surface area (Å²) >= 11 is 1.44. The lowest BCUT2D eigenvalue weighted by atomic mass is 10.2. The van der Waals surface area contributed by atoms with Crippen molar-refractivity contribution in [1.29, 1.82) is 0 Å². The van der Waals surface area contributed by atoms with Gasteiger partial charge in [0.1, 0.15) is 5.75 Å². The Bertz CT molecular complexity index is 774. The van der Waals surface area contributed by atoms with E-state index in [1.807, 2.05) is 5.38 Å². The zero-order valence-corrected chi connectivity index (χ0v) is 13.4. The van der Waals surface area contributed by atoms with Crippen LogP contribution in [-0.4, -0.2) is 30.9 Å². The molecule has 0 saturated carbocycles. The first-order valence-electron chi connectivity index (χ1n) is 7.29. The van der Waals surface area contributed by atoms with Crippen molar-refractivity contribution in [2.45, 2.75) is 6.42 Å². The molecular weight excluding hydrogens is 330 g/mol. The third-order valence-electron chi connectivity index (χ3n) is 3.32. The van der Waals surface area contributed by atoms with Crippen LogP contribution in [0.3, 0.4) is 0 Å². The molecule has 8 heteroatoms. The highest BCUT2D eigenvalue weighted by Crippen LogP contribution is 2.30. The first kappa shape index (κ1) is 16.0. The van der Waals surface area contributed by atoms with E-state index in [1.54, 1.807) is 29.6 Å². The summed E-state index contributed by atoms with van der Waals surface area (Å²) in [5, 5.41) is 11.7. The zero-order valence-electron chi connectivity index (χ0n) is 12.6. The van der Waals surface area contributed by atoms with E-state index < -0.39 is 0 Å². The highest BCUT2D eigenvalue weighted by molar-refractivity contribution is 7.08. The Morgan fingerprint density at radius 3 is 2.96 bits per heavy atom. The minimum absolute atomic E-state index is 0.0114. The number of anilines is 2. The number of ether oxygens (including phenoxy) is 1. The molecule has 0 aliphatic carbocycles. The number of nitrogens with one attached hydrogen (secondary N) is 3. The Morgan fingerprint density at radius 2 is 2.17 bits per heavy atom. The van der Waals surface area contributed by atoms with Crippen LogP contribution in [0.1, 0.15) is 16.8 Å². The summed E-state index contributed by atoms with van der Waals surface area (Å²) in [6.45, 7) is 0.230. The second kappa shape index (κ2) is 7.14. The van der Waals surface area contributed by atoms with E-state index in [4.69, 9.17) is 4.74 Å². The van der Waals surface area contributed by atoms with Crippen molar-refractivity contribution in [2.24, 2.45) is 0 Å². The van der Waals surface area contributed by atoms with Crippen LogP contribution >= 0.6 is 11.3 Å². The van der Waals surface area contributed by atoms with Crippen LogP contribution in [0.5, 0.6) is 5.75 Å². The predicted molar refractivity (Wildman–Crippen MR) is 90.5 cm³/mol. The molecule has 0 radical (unpaired) electrons. The Balaban J connectivity index is 1.49. The molecule has 1 aliphatic heterocycles. The summed E-state index contributed by atoms with van der Waals surface area (Å²) in [6.07, 6.45) is 0.149. The Kier molecular flexibility index (Phi) is 4.76. The first-order valence-corrected chi connectivity index (χ1v) is 8.23. The van der Waals surface area contributed by atoms with E-state index in [0.29, 0.717) is 22.7 Å². The third-order valence-corrected chi connectivity index (χ3v) is 4.00. The normalized spacial score (nSPS) is 12.6. The maximum absolute atomic E-state index is 11.9. The van der Waals surface area contributed by atoms with Crippen LogP contribution in [0.25, 0.3) is 0 Å². The third kappa shape index (κ3) is 3.90. The van der Waals surface area contributed by atoms with Gasteiger partial charge in [-0.25, -0.2) is 0 Å². The van der Waals surface area contributed by atoms with Gasteiger partial charge in [-0.15, -0.1) is 0 Å². The molecule has 3 amide bonds. The van der Waals surface area contributed by atoms with Gasteiger partial charge in [-0.05, 0) is 29.6 Å². The van der Waals surface area contributed by atoms with Crippen LogP contribution in [0.2, 0.25) is 0 Å². The second-order valence-electron chi connectivity index (χ2n) is 5.11. The van der Waals surface area contributed by atoms with Gasteiger partial charge in [0, 0.05) is 29.6 Å². The van der Waals surface area contributed by atoms with Crippen molar-refractivity contribution < 1.29 is 19.1 Å². The van der Waals surface area contributed by atoms with Crippen LogP contribution in [0, 0.1) is 0 Å². The highest BCUT2D eigenvalue weighted by atomic mass is 32.1. The average molecular weight is 345 g/mol. The molecule has 3 rings (SSSR count). The number of carbonyl (C=O) groups excluding carboxylic acids is 3. The van der Waals surface area contributed by atoms with Gasteiger partial charge in [-0.3, -0.25) is 14.4 Å². The fourth-order valence-electron chi connectivity index (χ4n) is 2.17. The second-order valence-corrected chi connectivity index (χ2v) is 5.89. The zero-order chi connectivity index (χ0) is 16.9. The van der Waals surface area contributed by atoms with Gasteiger partial charge < -0.3 is 20.7 Å². The van der Waals surface area contributed by atoms with Gasteiger partial charge in [-0.1, -0.05) is 0 Å². The van der Waals surface area contributed by atoms with Gasteiger partial charge >= 0.3 is 0 Å². The molecule has 2 heterocycles. The lowest BCUT2D eigenvalue weighted by Gasteiger charge is -2.18. The molecule has 0 spiro atoms. The van der Waals surface area contributed by atoms with Gasteiger partial charge in [-0.2, -0.15) is 11.3 Å². The SMILES string of the molecule is O=C(CCNC(=O)c1ccsc1)Nc1ccc2c(c1)NC(=O)CO2. The van der Waals surface area contributed by atoms with Crippen molar-refractivity contribution in [1.82, 2.24) is 5.32 Å². The lowest BCUT2D eigenvalue weighted by molar-refractivity contribution is -0.118. The van der Waals surface area contributed by atoms with Gasteiger partial charge in [0.25, 0.3) is 11.8 Å². The largest absolute Gasteiger partial charge is 0.482 e. The summed E-state index contributed by atoms with van der Waals surface area (Å²) in [6, 6.07) is 6.73. The fraction of sp³-hybridized carbons (Fsp3) is 0.188. The van der Waals surface area contributed by atoms with E-state index in [1.165, 1.54) is 11.3 Å². The predicted octanol–water partition coefficient (Wildman–Crippen LogP) is 1.84. The molecule has 7 nitrogen and oxygen atoms in total. The monoisotopic (exact) mass is 345 g/mol. The average Bonchev–Trinajstić information content (AvgIpc) is 3.09. The minimum atomic E-state index is -0.234. The Hall–Kier alpha value is -2.87. The standard InChI is InChI=1S/C16H15N3O4S/c20-14(3-5-17-16(22)10-4-6-24-9-10)18-11-1-2-13-12(7-11)19-15(21)8-23-13/h1-2,4,6-7,9H,3,5,8H2,(H,17,22)(H,18,20)(H,19,21). The number of amides is 3. The van der Waals surface area contributed by atoms with Crippen molar-refractivity contribution >= 4 is 40.4 Å². The van der Waals surface area contributed by atoms with Crippen LogP contribution in [-0.2, 0) is 9.59 Å². The van der Waals surface area contributed by atoms with Crippen molar-refractivity contribution in [2.75, 3.05) is 23.8 Å². The maximum atomic E-state index is 11.9. The van der Waals surface area contributed by atoms with Crippen LogP contribution in [0.15, 0.2) is 35.0 Å². The quantitative estimate of drug-likeness (QED) is 0.770. The number of carbonyl (C=O) groups is 3. The molecule has 0 fully saturated rings. The van der Waals surface area contributed by atoms with E-state index in [-0.39, 0.29) is 37.3 Å². The molecule has 1 aromatic carbocycles. The van der Waals surface area contributed by atoms with E-state index in [2.05, 4.69) is 16.0 Å². The van der Waals surface area contributed by atoms with Gasteiger partial charge in [0.15, 0.2) is 6.61 Å². The summed E-state index contributed by atoms with van der Waals surface area (Å²) in [7, 11) is 0. The van der Waals surface area contributed by atoms with Crippen molar-refractivity contribution in [3.63, 3.8) is 0 Å². The maximum Gasteiger partial charge on any atom is 0.262 e. The molecule has 0 bridgehead atoms. The topological polar surface area (TPSA) is 96.5 Å². The molecule has 1 aliphatic rings. The molecule has 0 unspecified atom stereocenters. The van der Waals surface area contributed by atoms with Gasteiger partial charge in [0.05, 0.1) is 5.69 Å². The van der Waals surface area contributed by atoms with Crippen LogP contribution < -0.4 is 20.7 Å². The highest BCUT2D eigenvalue weighted by Gasteiger charge is 2.16. The molecular formula is C16H15N3O4S. The fourth-order valence-corrected chi connectivity index (χ4v) is 2.81. The molecule has 3 N–H and O–H groups in total. The molecule has 24 heavy (non-hydrogen) atoms. The summed E-state index contributed by atoms with van der Waals surface area (Å²) in [5.74, 6) is -0.0981. The van der Waals surface area contributed by atoms with Crippen LogP contribution in [0.4, 0.5) is 11.4 Å². The van der Waals surface area contributed by atoms with E-state index in [0.717, 1.165) is 0 Å². The number of hydrogen-bond donors (Lipinski definition) is 3. The Morgan fingerprint density at radius 1 is 1.29 bits per heavy atom. The number of hydrogen-bond acceptors (Lipinski definition) is 5.